The average molecular weight is 259 g/mol. The van der Waals surface area contributed by atoms with E-state index in [1.165, 1.54) is 4.90 Å². The molecule has 0 radical (unpaired) electrons. The number of hydrogen-bond donors (Lipinski definition) is 2. The Morgan fingerprint density at radius 3 is 2.56 bits per heavy atom. The van der Waals surface area contributed by atoms with E-state index in [9.17, 15) is 0 Å². The molecule has 4 heteroatoms. The fraction of sp³-hybridized carbons (Fsp3) is 0.214. The largest absolute Gasteiger partial charge is 0.370 e. The molecule has 1 heterocycles. The summed E-state index contributed by atoms with van der Waals surface area (Å²) >= 11 is 1.75. The molecule has 0 saturated carbocycles. The van der Waals surface area contributed by atoms with Gasteiger partial charge in [0.05, 0.1) is 0 Å². The molecule has 1 aromatic heterocycles. The quantitative estimate of drug-likeness (QED) is 0.796. The van der Waals surface area contributed by atoms with Crippen LogP contribution in [0.3, 0.4) is 0 Å². The molecule has 18 heavy (non-hydrogen) atoms. The Hall–Kier alpha value is -1.68. The zero-order valence-electron chi connectivity index (χ0n) is 10.6. The topological polar surface area (TPSA) is 37.0 Å². The van der Waals surface area contributed by atoms with E-state index >= 15 is 0 Å². The highest BCUT2D eigenvalue weighted by Crippen LogP contribution is 2.21. The van der Waals surface area contributed by atoms with Gasteiger partial charge in [-0.2, -0.15) is 0 Å². The number of nitrogens with one attached hydrogen (secondary N) is 2. The van der Waals surface area contributed by atoms with Crippen molar-refractivity contribution in [2.24, 2.45) is 0 Å². The van der Waals surface area contributed by atoms with Crippen molar-refractivity contribution in [3.63, 3.8) is 0 Å². The molecule has 0 aliphatic rings. The Balaban J connectivity index is 2.09. The van der Waals surface area contributed by atoms with Gasteiger partial charge >= 0.3 is 0 Å². The van der Waals surface area contributed by atoms with Crippen LogP contribution in [0.5, 0.6) is 0 Å². The van der Waals surface area contributed by atoms with Crippen molar-refractivity contribution in [3.05, 3.63) is 42.6 Å². The Labute approximate surface area is 112 Å². The molecule has 2 aromatic rings. The first-order valence-electron chi connectivity index (χ1n) is 5.93. The lowest BCUT2D eigenvalue weighted by Gasteiger charge is -2.09. The first-order chi connectivity index (χ1) is 8.81. The summed E-state index contributed by atoms with van der Waals surface area (Å²) < 4.78 is 0. The first-order valence-corrected chi connectivity index (χ1v) is 7.15. The summed E-state index contributed by atoms with van der Waals surface area (Å²) in [5, 5.41) is 6.56. The molecule has 0 aliphatic heterocycles. The average Bonchev–Trinajstić information content (AvgIpc) is 2.40. The van der Waals surface area contributed by atoms with Gasteiger partial charge in [-0.15, -0.1) is 11.8 Å². The van der Waals surface area contributed by atoms with E-state index in [0.717, 1.165) is 23.7 Å². The van der Waals surface area contributed by atoms with Crippen LogP contribution in [0.4, 0.5) is 17.2 Å². The SMILES string of the molecule is CCNc1cc(Nc2ccc(SC)cc2)ccn1. The van der Waals surface area contributed by atoms with Crippen molar-refractivity contribution in [2.75, 3.05) is 23.4 Å². The first kappa shape index (κ1) is 12.8. The van der Waals surface area contributed by atoms with Crippen LogP contribution < -0.4 is 10.6 Å². The van der Waals surface area contributed by atoms with Gasteiger partial charge in [0.1, 0.15) is 5.82 Å². The second-order valence-corrected chi connectivity index (χ2v) is 4.69. The smallest absolute Gasteiger partial charge is 0.127 e. The molecule has 0 bridgehead atoms. The molecule has 0 saturated heterocycles. The Morgan fingerprint density at radius 1 is 1.11 bits per heavy atom. The molecule has 0 fully saturated rings. The van der Waals surface area contributed by atoms with Gasteiger partial charge in [-0.25, -0.2) is 4.98 Å². The van der Waals surface area contributed by atoms with Gasteiger partial charge in [0.2, 0.25) is 0 Å². The van der Waals surface area contributed by atoms with Gasteiger partial charge in [0.25, 0.3) is 0 Å². The van der Waals surface area contributed by atoms with Crippen molar-refractivity contribution in [1.82, 2.24) is 4.98 Å². The summed E-state index contributed by atoms with van der Waals surface area (Å²) in [6, 6.07) is 12.4. The minimum absolute atomic E-state index is 0.874. The lowest BCUT2D eigenvalue weighted by atomic mass is 10.3. The molecule has 2 N–H and O–H groups in total. The van der Waals surface area contributed by atoms with Crippen molar-refractivity contribution >= 4 is 29.0 Å². The molecule has 1 aromatic carbocycles. The molecule has 0 unspecified atom stereocenters. The number of thioether (sulfide) groups is 1. The number of nitrogens with zero attached hydrogens (tertiary/aromatic N) is 1. The fourth-order valence-corrected chi connectivity index (χ4v) is 2.04. The minimum Gasteiger partial charge on any atom is -0.370 e. The lowest BCUT2D eigenvalue weighted by Crippen LogP contribution is -1.99. The minimum atomic E-state index is 0.874. The van der Waals surface area contributed by atoms with Crippen molar-refractivity contribution < 1.29 is 0 Å². The van der Waals surface area contributed by atoms with Gasteiger partial charge < -0.3 is 10.6 Å². The van der Waals surface area contributed by atoms with Crippen LogP contribution in [0.15, 0.2) is 47.5 Å². The molecular weight excluding hydrogens is 242 g/mol. The van der Waals surface area contributed by atoms with Crippen LogP contribution in [0.25, 0.3) is 0 Å². The zero-order valence-corrected chi connectivity index (χ0v) is 11.4. The molecule has 2 rings (SSSR count). The standard InChI is InChI=1S/C14H17N3S/c1-3-15-14-10-12(8-9-16-14)17-11-4-6-13(18-2)7-5-11/h4-10H,3H2,1-2H3,(H2,15,16,17). The van der Waals surface area contributed by atoms with E-state index in [2.05, 4.69) is 53.1 Å². The van der Waals surface area contributed by atoms with Crippen LogP contribution in [0.2, 0.25) is 0 Å². The van der Waals surface area contributed by atoms with Crippen molar-refractivity contribution in [1.29, 1.82) is 0 Å². The van der Waals surface area contributed by atoms with E-state index in [1.807, 2.05) is 12.1 Å². The van der Waals surface area contributed by atoms with E-state index in [1.54, 1.807) is 18.0 Å². The maximum Gasteiger partial charge on any atom is 0.127 e. The number of pyridine rings is 1. The normalized spacial score (nSPS) is 10.1. The summed E-state index contributed by atoms with van der Waals surface area (Å²) in [5.74, 6) is 0.892. The molecule has 0 amide bonds. The lowest BCUT2D eigenvalue weighted by molar-refractivity contribution is 1.16. The maximum atomic E-state index is 4.24. The van der Waals surface area contributed by atoms with E-state index in [0.29, 0.717) is 0 Å². The van der Waals surface area contributed by atoms with Gasteiger partial charge in [-0.05, 0) is 43.5 Å². The van der Waals surface area contributed by atoms with Crippen LogP contribution in [-0.2, 0) is 0 Å². The Kier molecular flexibility index (Phi) is 4.47. The Morgan fingerprint density at radius 2 is 1.89 bits per heavy atom. The van der Waals surface area contributed by atoms with E-state index in [4.69, 9.17) is 0 Å². The third-order valence-electron chi connectivity index (χ3n) is 2.50. The second kappa shape index (κ2) is 6.31. The summed E-state index contributed by atoms with van der Waals surface area (Å²) in [6.45, 7) is 2.93. The monoisotopic (exact) mass is 259 g/mol. The van der Waals surface area contributed by atoms with E-state index in [-0.39, 0.29) is 0 Å². The maximum absolute atomic E-state index is 4.24. The third-order valence-corrected chi connectivity index (χ3v) is 3.24. The predicted molar refractivity (Wildman–Crippen MR) is 79.9 cm³/mol. The number of hydrogen-bond acceptors (Lipinski definition) is 4. The van der Waals surface area contributed by atoms with Crippen LogP contribution >= 0.6 is 11.8 Å². The Bertz CT molecular complexity index is 497. The van der Waals surface area contributed by atoms with Crippen molar-refractivity contribution in [3.8, 4) is 0 Å². The van der Waals surface area contributed by atoms with Gasteiger partial charge in [-0.3, -0.25) is 0 Å². The number of aromatic nitrogens is 1. The third kappa shape index (κ3) is 3.40. The highest BCUT2D eigenvalue weighted by Gasteiger charge is 1.97. The molecule has 94 valence electrons. The second-order valence-electron chi connectivity index (χ2n) is 3.81. The molecule has 0 spiro atoms. The van der Waals surface area contributed by atoms with Gasteiger partial charge in [0, 0.05) is 35.1 Å². The number of rotatable bonds is 5. The fourth-order valence-electron chi connectivity index (χ4n) is 1.63. The number of benzene rings is 1. The van der Waals surface area contributed by atoms with Crippen LogP contribution in [0.1, 0.15) is 6.92 Å². The number of anilines is 3. The summed E-state index contributed by atoms with van der Waals surface area (Å²) in [6.07, 6.45) is 3.88. The van der Waals surface area contributed by atoms with Crippen LogP contribution in [0, 0.1) is 0 Å². The van der Waals surface area contributed by atoms with Gasteiger partial charge in [0.15, 0.2) is 0 Å². The highest BCUT2D eigenvalue weighted by molar-refractivity contribution is 7.98. The molecule has 0 atom stereocenters. The highest BCUT2D eigenvalue weighted by atomic mass is 32.2. The molecule has 3 nitrogen and oxygen atoms in total. The molecule has 0 aliphatic carbocycles. The van der Waals surface area contributed by atoms with E-state index < -0.39 is 0 Å². The summed E-state index contributed by atoms with van der Waals surface area (Å²) in [5.41, 5.74) is 2.12. The predicted octanol–water partition coefficient (Wildman–Crippen LogP) is 3.98. The van der Waals surface area contributed by atoms with Crippen LogP contribution in [-0.4, -0.2) is 17.8 Å². The van der Waals surface area contributed by atoms with Gasteiger partial charge in [-0.1, -0.05) is 0 Å². The summed E-state index contributed by atoms with van der Waals surface area (Å²) in [4.78, 5) is 5.51. The molecular formula is C14H17N3S. The van der Waals surface area contributed by atoms with Crippen molar-refractivity contribution in [2.45, 2.75) is 11.8 Å². The summed E-state index contributed by atoms with van der Waals surface area (Å²) in [7, 11) is 0. The zero-order chi connectivity index (χ0) is 12.8.